The third-order valence-electron chi connectivity index (χ3n) is 8.39. The first-order chi connectivity index (χ1) is 20.1. The molecule has 8 nitrogen and oxygen atoms in total. The molecule has 1 heterocycles. The number of aliphatic hydroxyl groups is 2. The number of carbonyl (C=O) groups is 3. The Morgan fingerprint density at radius 3 is 2.48 bits per heavy atom. The lowest BCUT2D eigenvalue weighted by Gasteiger charge is -2.35. The number of aliphatic carboxylic acids is 1. The van der Waals surface area contributed by atoms with E-state index in [-0.39, 0.29) is 37.8 Å². The molecule has 42 heavy (non-hydrogen) atoms. The van der Waals surface area contributed by atoms with Gasteiger partial charge < -0.3 is 20.4 Å². The molecular weight excluding hydrogens is 541 g/mol. The highest BCUT2D eigenvalue weighted by Gasteiger charge is 2.54. The van der Waals surface area contributed by atoms with E-state index in [1.165, 1.54) is 17.0 Å². The van der Waals surface area contributed by atoms with Gasteiger partial charge in [-0.15, -0.1) is 0 Å². The molecule has 1 aliphatic heterocycles. The smallest absolute Gasteiger partial charge is 0.303 e. The molecule has 2 aromatic carbocycles. The van der Waals surface area contributed by atoms with Crippen molar-refractivity contribution >= 4 is 29.4 Å². The van der Waals surface area contributed by atoms with E-state index in [1.807, 2.05) is 37.3 Å². The molecule has 0 bridgehead atoms. The zero-order valence-corrected chi connectivity index (χ0v) is 23.7. The summed E-state index contributed by atoms with van der Waals surface area (Å²) in [7, 11) is 0. The van der Waals surface area contributed by atoms with E-state index in [0.717, 1.165) is 16.7 Å². The fraction of sp³-hybridized carbons (Fsp3) is 0.424. The van der Waals surface area contributed by atoms with Crippen molar-refractivity contribution < 1.29 is 39.2 Å². The van der Waals surface area contributed by atoms with Gasteiger partial charge in [0.05, 0.1) is 24.5 Å². The number of imide groups is 1. The number of carboxylic acid groups (broad SMARTS) is 1. The van der Waals surface area contributed by atoms with E-state index < -0.39 is 41.4 Å². The molecule has 2 amide bonds. The molecule has 4 N–H and O–H groups in total. The van der Waals surface area contributed by atoms with E-state index in [2.05, 4.69) is 0 Å². The number of amides is 2. The fourth-order valence-corrected chi connectivity index (χ4v) is 6.34. The quantitative estimate of drug-likeness (QED) is 0.116. The second-order valence-electron chi connectivity index (χ2n) is 11.2. The maximum atomic E-state index is 14.0. The second kappa shape index (κ2) is 13.9. The highest BCUT2D eigenvalue weighted by atomic mass is 19.1. The van der Waals surface area contributed by atoms with Crippen molar-refractivity contribution in [1.82, 2.24) is 4.90 Å². The number of nitrogens with zero attached hydrogens (tertiary/aromatic N) is 1. The van der Waals surface area contributed by atoms with Crippen LogP contribution >= 0.6 is 0 Å². The van der Waals surface area contributed by atoms with Crippen molar-refractivity contribution in [2.45, 2.75) is 58.0 Å². The summed E-state index contributed by atoms with van der Waals surface area (Å²) < 4.78 is 14.0. The van der Waals surface area contributed by atoms with Crippen LogP contribution in [-0.2, 0) is 14.4 Å². The third kappa shape index (κ3) is 6.97. The number of carboxylic acids is 1. The molecule has 2 aliphatic rings. The van der Waals surface area contributed by atoms with Crippen LogP contribution in [0.2, 0.25) is 0 Å². The van der Waals surface area contributed by atoms with Gasteiger partial charge in [0.2, 0.25) is 11.8 Å². The van der Waals surface area contributed by atoms with Gasteiger partial charge in [0, 0.05) is 18.9 Å². The van der Waals surface area contributed by atoms with E-state index in [0.29, 0.717) is 43.2 Å². The van der Waals surface area contributed by atoms with Crippen LogP contribution in [0.25, 0.3) is 11.6 Å². The number of aromatic hydroxyl groups is 1. The van der Waals surface area contributed by atoms with Gasteiger partial charge in [0.25, 0.3) is 0 Å². The summed E-state index contributed by atoms with van der Waals surface area (Å²) in [5.74, 6) is -4.70. The molecule has 9 heteroatoms. The number of unbranched alkanes of at least 4 members (excludes halogenated alkanes) is 2. The number of phenols is 1. The number of rotatable bonds is 13. The van der Waals surface area contributed by atoms with Crippen LogP contribution in [0.15, 0.2) is 59.7 Å². The minimum atomic E-state index is -0.972. The normalized spacial score (nSPS) is 21.6. The summed E-state index contributed by atoms with van der Waals surface area (Å²) in [6, 6.07) is 13.6. The van der Waals surface area contributed by atoms with E-state index in [1.54, 1.807) is 12.1 Å². The molecule has 224 valence electrons. The standard InChI is InChI=1S/C33H38FNO7/c1-20-16-24-31(33(42)35(32(24)41)15-7-3-6-10-29(39)40)25(19-36)30(20)28(38)14-12-23(22-8-4-2-5-9-22)17-21-11-13-27(37)26(34)18-21/h2,4-5,8-9,11,13,17-18,24-25,28,31,36-38H,3,6-7,10,12,14-16,19H2,1H3,(H,39,40)/b23-17-/t24-,25+,28-,31-/m1/s1. The molecule has 1 aliphatic carbocycles. The predicted octanol–water partition coefficient (Wildman–Crippen LogP) is 4.79. The number of carbonyl (C=O) groups excluding carboxylic acids is 2. The van der Waals surface area contributed by atoms with Crippen molar-refractivity contribution in [2.75, 3.05) is 13.2 Å². The van der Waals surface area contributed by atoms with Crippen molar-refractivity contribution in [1.29, 1.82) is 0 Å². The van der Waals surface area contributed by atoms with Crippen LogP contribution in [0.1, 0.15) is 63.0 Å². The monoisotopic (exact) mass is 579 g/mol. The zero-order valence-electron chi connectivity index (χ0n) is 23.7. The molecule has 0 unspecified atom stereocenters. The molecule has 0 spiro atoms. The summed E-state index contributed by atoms with van der Waals surface area (Å²) in [5.41, 5.74) is 3.67. The SMILES string of the molecule is CC1=C([C@H](O)CC/C(=C/c2ccc(O)c(F)c2)c2ccccc2)[C@H](CO)[C@@H]2C(=O)N(CCCCCC(=O)O)C(=O)[C@@H]2C1. The third-order valence-corrected chi connectivity index (χ3v) is 8.39. The minimum absolute atomic E-state index is 0.0388. The molecular formula is C33H38FNO7. The number of aliphatic hydroxyl groups excluding tert-OH is 2. The number of benzene rings is 2. The van der Waals surface area contributed by atoms with E-state index in [4.69, 9.17) is 5.11 Å². The van der Waals surface area contributed by atoms with Crippen LogP contribution in [-0.4, -0.2) is 62.4 Å². The van der Waals surface area contributed by atoms with Gasteiger partial charge in [-0.25, -0.2) is 4.39 Å². The molecule has 1 saturated heterocycles. The average Bonchev–Trinajstić information content (AvgIpc) is 3.20. The number of hydrogen-bond acceptors (Lipinski definition) is 6. The lowest BCUT2D eigenvalue weighted by Crippen LogP contribution is -2.38. The molecule has 4 rings (SSSR count). The molecule has 0 saturated carbocycles. The van der Waals surface area contributed by atoms with Crippen LogP contribution in [0.4, 0.5) is 4.39 Å². The molecule has 0 radical (unpaired) electrons. The highest BCUT2D eigenvalue weighted by Crippen LogP contribution is 2.46. The summed E-state index contributed by atoms with van der Waals surface area (Å²) in [6.07, 6.45) is 3.43. The summed E-state index contributed by atoms with van der Waals surface area (Å²) in [5, 5.41) is 40.2. The van der Waals surface area contributed by atoms with Crippen molar-refractivity contribution in [3.8, 4) is 5.75 Å². The second-order valence-corrected chi connectivity index (χ2v) is 11.2. The fourth-order valence-electron chi connectivity index (χ4n) is 6.34. The van der Waals surface area contributed by atoms with Crippen LogP contribution in [0, 0.1) is 23.6 Å². The number of likely N-dealkylation sites (tertiary alicyclic amines) is 1. The highest BCUT2D eigenvalue weighted by molar-refractivity contribution is 6.05. The maximum absolute atomic E-state index is 14.0. The molecule has 0 aromatic heterocycles. The van der Waals surface area contributed by atoms with Gasteiger partial charge in [-0.3, -0.25) is 19.3 Å². The topological polar surface area (TPSA) is 135 Å². The number of phenolic OH excluding ortho intramolecular Hbond substituents is 1. The van der Waals surface area contributed by atoms with Crippen molar-refractivity contribution in [3.05, 3.63) is 76.6 Å². The largest absolute Gasteiger partial charge is 0.505 e. The Hall–Kier alpha value is -3.82. The Balaban J connectivity index is 1.50. The van der Waals surface area contributed by atoms with Crippen LogP contribution < -0.4 is 0 Å². The number of allylic oxidation sites excluding steroid dienone is 2. The number of fused-ring (bicyclic) bond motifs is 1. The number of halogens is 1. The van der Waals surface area contributed by atoms with Gasteiger partial charge in [0.1, 0.15) is 0 Å². The first-order valence-corrected chi connectivity index (χ1v) is 14.4. The lowest BCUT2D eigenvalue weighted by atomic mass is 9.68. The molecule has 1 fully saturated rings. The van der Waals surface area contributed by atoms with Crippen LogP contribution in [0.5, 0.6) is 5.75 Å². The zero-order chi connectivity index (χ0) is 30.4. The summed E-state index contributed by atoms with van der Waals surface area (Å²) >= 11 is 0. The van der Waals surface area contributed by atoms with Crippen molar-refractivity contribution in [2.24, 2.45) is 17.8 Å². The van der Waals surface area contributed by atoms with Gasteiger partial charge in [-0.05, 0) is 73.4 Å². The number of hydrogen-bond donors (Lipinski definition) is 4. The molecule has 2 aromatic rings. The Labute approximate surface area is 244 Å². The average molecular weight is 580 g/mol. The molecule has 4 atom stereocenters. The lowest BCUT2D eigenvalue weighted by molar-refractivity contribution is -0.141. The van der Waals surface area contributed by atoms with Gasteiger partial charge in [-0.1, -0.05) is 54.5 Å². The van der Waals surface area contributed by atoms with Crippen molar-refractivity contribution in [3.63, 3.8) is 0 Å². The van der Waals surface area contributed by atoms with E-state index in [9.17, 15) is 34.1 Å². The Morgan fingerprint density at radius 1 is 1.07 bits per heavy atom. The van der Waals surface area contributed by atoms with Crippen LogP contribution in [0.3, 0.4) is 0 Å². The summed E-state index contributed by atoms with van der Waals surface area (Å²) in [6.45, 7) is 1.66. The van der Waals surface area contributed by atoms with Gasteiger partial charge in [-0.2, -0.15) is 0 Å². The minimum Gasteiger partial charge on any atom is -0.505 e. The van der Waals surface area contributed by atoms with E-state index >= 15 is 0 Å². The first-order valence-electron chi connectivity index (χ1n) is 14.4. The maximum Gasteiger partial charge on any atom is 0.303 e. The predicted molar refractivity (Wildman–Crippen MR) is 155 cm³/mol. The Morgan fingerprint density at radius 2 is 1.81 bits per heavy atom. The van der Waals surface area contributed by atoms with Gasteiger partial charge >= 0.3 is 5.97 Å². The van der Waals surface area contributed by atoms with Gasteiger partial charge in [0.15, 0.2) is 11.6 Å². The summed E-state index contributed by atoms with van der Waals surface area (Å²) in [4.78, 5) is 38.6. The first kappa shape index (κ1) is 31.1. The Bertz CT molecular complexity index is 1370. The Kier molecular flexibility index (Phi) is 10.3.